The molecule has 0 amide bonds. The van der Waals surface area contributed by atoms with Crippen molar-refractivity contribution >= 4 is 23.3 Å². The second kappa shape index (κ2) is 9.79. The van der Waals surface area contributed by atoms with E-state index in [1.807, 2.05) is 67.6 Å². The molecule has 3 aromatic rings. The van der Waals surface area contributed by atoms with Crippen molar-refractivity contribution in [3.63, 3.8) is 0 Å². The van der Waals surface area contributed by atoms with E-state index in [4.69, 9.17) is 9.73 Å². The Morgan fingerprint density at radius 1 is 0.889 bits per heavy atom. The Bertz CT molecular complexity index is 900. The topological polar surface area (TPSA) is 21.6 Å². The quantitative estimate of drug-likeness (QED) is 0.262. The average Bonchev–Trinajstić information content (AvgIpc) is 2.73. The van der Waals surface area contributed by atoms with E-state index in [1.54, 1.807) is 11.8 Å². The van der Waals surface area contributed by atoms with Crippen molar-refractivity contribution in [3.05, 3.63) is 101 Å². The summed E-state index contributed by atoms with van der Waals surface area (Å²) in [6, 6.07) is 28.3. The number of para-hydroxylation sites is 1. The Morgan fingerprint density at radius 3 is 2.15 bits per heavy atom. The highest BCUT2D eigenvalue weighted by Gasteiger charge is 2.07. The fraction of sp³-hybridized carbons (Fsp3) is 0.125. The van der Waals surface area contributed by atoms with Crippen LogP contribution < -0.4 is 4.74 Å². The zero-order valence-corrected chi connectivity index (χ0v) is 16.4. The van der Waals surface area contributed by atoms with Gasteiger partial charge in [0, 0.05) is 10.5 Å². The number of aliphatic imine (C=N–C) groups is 1. The first kappa shape index (κ1) is 19.0. The summed E-state index contributed by atoms with van der Waals surface area (Å²) in [5, 5.41) is 2.08. The summed E-state index contributed by atoms with van der Waals surface area (Å²) in [4.78, 5) is 5.94. The van der Waals surface area contributed by atoms with Gasteiger partial charge in [0.1, 0.15) is 5.75 Å². The summed E-state index contributed by atoms with van der Waals surface area (Å²) in [5.74, 6) is 1.38. The lowest BCUT2D eigenvalue weighted by molar-refractivity contribution is 0.551. The Hall–Kier alpha value is -2.78. The highest BCUT2D eigenvalue weighted by Crippen LogP contribution is 2.23. The average molecular weight is 374 g/mol. The van der Waals surface area contributed by atoms with Crippen molar-refractivity contribution in [2.45, 2.75) is 25.2 Å². The van der Waals surface area contributed by atoms with Crippen LogP contribution in [0.5, 0.6) is 5.75 Å². The van der Waals surface area contributed by atoms with Gasteiger partial charge >= 0.3 is 0 Å². The minimum atomic E-state index is 0.605. The minimum absolute atomic E-state index is 0.605. The van der Waals surface area contributed by atoms with Crippen LogP contribution >= 0.6 is 11.8 Å². The number of thioether (sulfide) groups is 1. The van der Waals surface area contributed by atoms with Crippen LogP contribution in [-0.2, 0) is 6.42 Å². The van der Waals surface area contributed by atoms with Crippen LogP contribution in [0.2, 0.25) is 0 Å². The zero-order chi connectivity index (χ0) is 18.9. The predicted molar refractivity (Wildman–Crippen MR) is 116 cm³/mol. The molecule has 0 bridgehead atoms. The number of benzene rings is 3. The molecule has 3 aromatic carbocycles. The summed E-state index contributed by atoms with van der Waals surface area (Å²) in [6.07, 6.45) is 1.02. The molecule has 136 valence electrons. The first-order valence-electron chi connectivity index (χ1n) is 9.04. The molecule has 3 heteroatoms. The molecule has 2 nitrogen and oxygen atoms in total. The van der Waals surface area contributed by atoms with E-state index < -0.39 is 0 Å². The third-order valence-electron chi connectivity index (χ3n) is 3.99. The van der Waals surface area contributed by atoms with Gasteiger partial charge in [0.25, 0.3) is 0 Å². The monoisotopic (exact) mass is 373 g/mol. The first-order valence-corrected chi connectivity index (χ1v) is 9.92. The van der Waals surface area contributed by atoms with Gasteiger partial charge in [-0.15, -0.1) is 0 Å². The lowest BCUT2D eigenvalue weighted by atomic mass is 10.1. The van der Waals surface area contributed by atoms with E-state index in [9.17, 15) is 0 Å². The van der Waals surface area contributed by atoms with Gasteiger partial charge in [0.05, 0.1) is 5.69 Å². The van der Waals surface area contributed by atoms with Gasteiger partial charge in [-0.3, -0.25) is 0 Å². The Labute approximate surface area is 165 Å². The van der Waals surface area contributed by atoms with Crippen LogP contribution in [-0.4, -0.2) is 5.90 Å². The van der Waals surface area contributed by atoms with Crippen LogP contribution in [0.4, 0.5) is 5.69 Å². The molecule has 0 heterocycles. The highest BCUT2D eigenvalue weighted by molar-refractivity contribution is 8.02. The van der Waals surface area contributed by atoms with Crippen LogP contribution in [0.1, 0.15) is 19.4 Å². The van der Waals surface area contributed by atoms with Crippen molar-refractivity contribution in [1.29, 1.82) is 0 Å². The Balaban J connectivity index is 1.87. The van der Waals surface area contributed by atoms with Gasteiger partial charge in [-0.2, -0.15) is 0 Å². The molecule has 0 aliphatic heterocycles. The SMILES string of the molecule is CCc1ccc(/N=C(Oc2ccccc2)\C(C)=C\Sc2ccccc2)cc1. The molecule has 0 aromatic heterocycles. The van der Waals surface area contributed by atoms with Gasteiger partial charge < -0.3 is 4.74 Å². The lowest BCUT2D eigenvalue weighted by Crippen LogP contribution is -2.09. The summed E-state index contributed by atoms with van der Waals surface area (Å²) in [6.45, 7) is 4.17. The van der Waals surface area contributed by atoms with E-state index in [-0.39, 0.29) is 0 Å². The van der Waals surface area contributed by atoms with E-state index in [0.29, 0.717) is 5.90 Å². The van der Waals surface area contributed by atoms with Crippen molar-refractivity contribution in [2.24, 2.45) is 4.99 Å². The molecule has 27 heavy (non-hydrogen) atoms. The molecule has 0 saturated heterocycles. The standard InChI is InChI=1S/C24H23NOS/c1-3-20-14-16-21(17-15-20)25-24(26-22-10-6-4-7-11-22)19(2)18-27-23-12-8-5-9-13-23/h4-18H,3H2,1-2H3/b19-18+,25-24+. The molecular formula is C24H23NOS. The maximum absolute atomic E-state index is 6.09. The van der Waals surface area contributed by atoms with Gasteiger partial charge in [-0.05, 0) is 60.7 Å². The fourth-order valence-corrected chi connectivity index (χ4v) is 3.15. The number of ether oxygens (including phenoxy) is 1. The highest BCUT2D eigenvalue weighted by atomic mass is 32.2. The van der Waals surface area contributed by atoms with Crippen molar-refractivity contribution in [1.82, 2.24) is 0 Å². The number of rotatable bonds is 6. The maximum atomic E-state index is 6.09. The second-order valence-corrected chi connectivity index (χ2v) is 7.03. The molecule has 0 aliphatic rings. The molecule has 0 fully saturated rings. The van der Waals surface area contributed by atoms with Gasteiger partial charge in [0.15, 0.2) is 0 Å². The van der Waals surface area contributed by atoms with Crippen molar-refractivity contribution in [3.8, 4) is 5.75 Å². The maximum Gasteiger partial charge on any atom is 0.223 e. The zero-order valence-electron chi connectivity index (χ0n) is 15.6. The lowest BCUT2D eigenvalue weighted by Gasteiger charge is -2.10. The molecule has 0 spiro atoms. The largest absolute Gasteiger partial charge is 0.439 e. The number of nitrogens with zero attached hydrogens (tertiary/aromatic N) is 1. The molecule has 0 unspecified atom stereocenters. The summed E-state index contributed by atoms with van der Waals surface area (Å²) in [5.41, 5.74) is 3.16. The normalized spacial score (nSPS) is 12.1. The molecule has 0 saturated carbocycles. The minimum Gasteiger partial charge on any atom is -0.439 e. The van der Waals surface area contributed by atoms with Gasteiger partial charge in [0.2, 0.25) is 5.90 Å². The molecule has 0 N–H and O–H groups in total. The molecule has 3 rings (SSSR count). The van der Waals surface area contributed by atoms with Gasteiger partial charge in [-0.1, -0.05) is 67.2 Å². The van der Waals surface area contributed by atoms with Crippen molar-refractivity contribution in [2.75, 3.05) is 0 Å². The molecule has 0 atom stereocenters. The van der Waals surface area contributed by atoms with Crippen LogP contribution in [0.3, 0.4) is 0 Å². The third kappa shape index (κ3) is 5.87. The van der Waals surface area contributed by atoms with E-state index in [1.165, 1.54) is 10.5 Å². The van der Waals surface area contributed by atoms with E-state index >= 15 is 0 Å². The van der Waals surface area contributed by atoms with E-state index in [0.717, 1.165) is 23.4 Å². The van der Waals surface area contributed by atoms with Crippen LogP contribution in [0.25, 0.3) is 0 Å². The molecular weight excluding hydrogens is 350 g/mol. The predicted octanol–water partition coefficient (Wildman–Crippen LogP) is 7.05. The first-order chi connectivity index (χ1) is 13.2. The summed E-state index contributed by atoms with van der Waals surface area (Å²) >= 11 is 1.66. The Morgan fingerprint density at radius 2 is 1.52 bits per heavy atom. The van der Waals surface area contributed by atoms with Gasteiger partial charge in [-0.25, -0.2) is 4.99 Å². The smallest absolute Gasteiger partial charge is 0.223 e. The Kier molecular flexibility index (Phi) is 6.89. The number of aryl methyl sites for hydroxylation is 1. The summed E-state index contributed by atoms with van der Waals surface area (Å²) in [7, 11) is 0. The number of hydrogen-bond donors (Lipinski definition) is 0. The molecule has 0 radical (unpaired) electrons. The van der Waals surface area contributed by atoms with Crippen LogP contribution in [0.15, 0.2) is 106 Å². The van der Waals surface area contributed by atoms with E-state index in [2.05, 4.69) is 36.6 Å². The third-order valence-corrected chi connectivity index (χ3v) is 5.00. The second-order valence-electron chi connectivity index (χ2n) is 6.08. The molecule has 0 aliphatic carbocycles. The fourth-order valence-electron chi connectivity index (χ4n) is 2.42. The van der Waals surface area contributed by atoms with Crippen LogP contribution in [0, 0.1) is 0 Å². The summed E-state index contributed by atoms with van der Waals surface area (Å²) < 4.78 is 6.09. The number of hydrogen-bond acceptors (Lipinski definition) is 3. The van der Waals surface area contributed by atoms with Crippen molar-refractivity contribution < 1.29 is 4.74 Å².